The van der Waals surface area contributed by atoms with E-state index < -0.39 is 5.97 Å². The van der Waals surface area contributed by atoms with Gasteiger partial charge in [-0.15, -0.1) is 0 Å². The van der Waals surface area contributed by atoms with Crippen molar-refractivity contribution in [1.29, 1.82) is 0 Å². The maximum atomic E-state index is 11.2. The quantitative estimate of drug-likeness (QED) is 0.900. The minimum atomic E-state index is -0.965. The number of nitrogens with zero attached hydrogens (tertiary/aromatic N) is 1. The van der Waals surface area contributed by atoms with Crippen LogP contribution in [0.3, 0.4) is 0 Å². The summed E-state index contributed by atoms with van der Waals surface area (Å²) in [6, 6.07) is 7.45. The first-order chi connectivity index (χ1) is 8.49. The van der Waals surface area contributed by atoms with Crippen molar-refractivity contribution in [3.8, 4) is 0 Å². The summed E-state index contributed by atoms with van der Waals surface area (Å²) in [5, 5.41) is 10.1. The Morgan fingerprint density at radius 2 is 2.00 bits per heavy atom. The average Bonchev–Trinajstić information content (AvgIpc) is 2.64. The number of carbonyl (C=O) groups excluding carboxylic acids is 1. The van der Waals surface area contributed by atoms with Gasteiger partial charge in [0.1, 0.15) is 11.5 Å². The Labute approximate surface area is 105 Å². The molecule has 0 spiro atoms. The van der Waals surface area contributed by atoms with E-state index in [-0.39, 0.29) is 11.5 Å². The van der Waals surface area contributed by atoms with Gasteiger partial charge in [0.15, 0.2) is 0 Å². The van der Waals surface area contributed by atoms with Crippen molar-refractivity contribution in [2.24, 2.45) is 0 Å². The van der Waals surface area contributed by atoms with Gasteiger partial charge >= 0.3 is 5.97 Å². The summed E-state index contributed by atoms with van der Waals surface area (Å²) in [5.41, 5.74) is 2.18. The van der Waals surface area contributed by atoms with E-state index in [1.54, 1.807) is 10.6 Å². The number of fused-ring (bicyclic) bond motifs is 1. The lowest BCUT2D eigenvalue weighted by Crippen LogP contribution is -2.10. The standard InChI is InChI=1S/C14H15NO3/c1-9-3-4-12-11(7-9)8-13(14(17)18)15(12)6-5-10(2)16/h3-4,7-8H,5-6H2,1-2H3,(H,17,18). The van der Waals surface area contributed by atoms with Gasteiger partial charge in [-0.3, -0.25) is 4.79 Å². The minimum absolute atomic E-state index is 0.0558. The lowest BCUT2D eigenvalue weighted by atomic mass is 10.2. The van der Waals surface area contributed by atoms with Crippen LogP contribution >= 0.6 is 0 Å². The summed E-state index contributed by atoms with van der Waals surface area (Å²) in [7, 11) is 0. The fourth-order valence-corrected chi connectivity index (χ4v) is 2.08. The second-order valence-electron chi connectivity index (χ2n) is 4.50. The molecular formula is C14H15NO3. The largest absolute Gasteiger partial charge is 0.477 e. The highest BCUT2D eigenvalue weighted by molar-refractivity contribution is 5.95. The van der Waals surface area contributed by atoms with Crippen molar-refractivity contribution < 1.29 is 14.7 Å². The van der Waals surface area contributed by atoms with Crippen LogP contribution in [0, 0.1) is 6.92 Å². The molecule has 0 saturated carbocycles. The highest BCUT2D eigenvalue weighted by Crippen LogP contribution is 2.22. The molecule has 1 heterocycles. The van der Waals surface area contributed by atoms with Gasteiger partial charge < -0.3 is 9.67 Å². The molecule has 0 amide bonds. The first kappa shape index (κ1) is 12.4. The molecule has 0 aliphatic rings. The Bertz CT molecular complexity index is 625. The van der Waals surface area contributed by atoms with E-state index in [0.717, 1.165) is 16.5 Å². The number of carboxylic acid groups (broad SMARTS) is 1. The van der Waals surface area contributed by atoms with Crippen LogP contribution in [0.4, 0.5) is 0 Å². The molecule has 0 atom stereocenters. The molecule has 0 saturated heterocycles. The first-order valence-corrected chi connectivity index (χ1v) is 5.81. The Kier molecular flexibility index (Phi) is 3.19. The summed E-state index contributed by atoms with van der Waals surface area (Å²) in [4.78, 5) is 22.3. The number of aromatic carboxylic acids is 1. The van der Waals surface area contributed by atoms with Gasteiger partial charge in [0.05, 0.1) is 0 Å². The molecule has 2 aromatic rings. The van der Waals surface area contributed by atoms with Gasteiger partial charge in [-0.25, -0.2) is 4.79 Å². The van der Waals surface area contributed by atoms with Crippen molar-refractivity contribution in [3.05, 3.63) is 35.5 Å². The minimum Gasteiger partial charge on any atom is -0.477 e. The number of carboxylic acids is 1. The summed E-state index contributed by atoms with van der Waals surface area (Å²) in [6.07, 6.45) is 0.345. The van der Waals surface area contributed by atoms with Crippen molar-refractivity contribution in [2.45, 2.75) is 26.8 Å². The molecule has 0 radical (unpaired) electrons. The number of ketones is 1. The predicted molar refractivity (Wildman–Crippen MR) is 68.9 cm³/mol. The normalized spacial score (nSPS) is 10.8. The molecule has 0 unspecified atom stereocenters. The van der Waals surface area contributed by atoms with Gasteiger partial charge in [0.25, 0.3) is 0 Å². The van der Waals surface area contributed by atoms with E-state index in [4.69, 9.17) is 0 Å². The molecule has 1 aromatic heterocycles. The van der Waals surface area contributed by atoms with Gasteiger partial charge in [-0.2, -0.15) is 0 Å². The van der Waals surface area contributed by atoms with E-state index >= 15 is 0 Å². The maximum absolute atomic E-state index is 11.2. The van der Waals surface area contributed by atoms with E-state index in [0.29, 0.717) is 13.0 Å². The second-order valence-corrected chi connectivity index (χ2v) is 4.50. The van der Waals surface area contributed by atoms with Crippen LogP contribution in [0.15, 0.2) is 24.3 Å². The number of aromatic nitrogens is 1. The van der Waals surface area contributed by atoms with Gasteiger partial charge in [-0.1, -0.05) is 11.6 Å². The number of Topliss-reactive ketones (excluding diaryl/α,β-unsaturated/α-hetero) is 1. The molecule has 2 rings (SSSR count). The number of benzene rings is 1. The third kappa shape index (κ3) is 2.27. The lowest BCUT2D eigenvalue weighted by molar-refractivity contribution is -0.117. The third-order valence-corrected chi connectivity index (χ3v) is 2.96. The number of carbonyl (C=O) groups is 2. The number of hydrogen-bond donors (Lipinski definition) is 1. The molecule has 18 heavy (non-hydrogen) atoms. The molecular weight excluding hydrogens is 230 g/mol. The van der Waals surface area contributed by atoms with Crippen molar-refractivity contribution >= 4 is 22.7 Å². The first-order valence-electron chi connectivity index (χ1n) is 5.81. The predicted octanol–water partition coefficient (Wildman–Crippen LogP) is 2.63. The number of hydrogen-bond acceptors (Lipinski definition) is 2. The highest BCUT2D eigenvalue weighted by atomic mass is 16.4. The molecule has 4 heteroatoms. The van der Waals surface area contributed by atoms with Crippen LogP contribution in [0.25, 0.3) is 10.9 Å². The molecule has 0 bridgehead atoms. The van der Waals surface area contributed by atoms with E-state index in [1.807, 2.05) is 25.1 Å². The summed E-state index contributed by atoms with van der Waals surface area (Å²) in [6.45, 7) is 3.88. The van der Waals surface area contributed by atoms with Gasteiger partial charge in [0, 0.05) is 23.9 Å². The van der Waals surface area contributed by atoms with E-state index in [1.165, 1.54) is 6.92 Å². The zero-order chi connectivity index (χ0) is 13.3. The summed E-state index contributed by atoms with van der Waals surface area (Å²) in [5.74, 6) is -0.910. The fraction of sp³-hybridized carbons (Fsp3) is 0.286. The SMILES string of the molecule is CC(=O)CCn1c(C(=O)O)cc2cc(C)ccc21. The summed E-state index contributed by atoms with van der Waals surface area (Å²) >= 11 is 0. The van der Waals surface area contributed by atoms with Crippen LogP contribution in [0.1, 0.15) is 29.4 Å². The molecule has 4 nitrogen and oxygen atoms in total. The number of rotatable bonds is 4. The van der Waals surface area contributed by atoms with Crippen LogP contribution in [-0.2, 0) is 11.3 Å². The van der Waals surface area contributed by atoms with Crippen molar-refractivity contribution in [2.75, 3.05) is 0 Å². The molecule has 0 aliphatic heterocycles. The van der Waals surface area contributed by atoms with E-state index in [9.17, 15) is 14.7 Å². The Hall–Kier alpha value is -2.10. The number of aryl methyl sites for hydroxylation is 2. The van der Waals surface area contributed by atoms with Crippen molar-refractivity contribution in [3.63, 3.8) is 0 Å². The molecule has 1 aromatic carbocycles. The maximum Gasteiger partial charge on any atom is 0.352 e. The van der Waals surface area contributed by atoms with Crippen LogP contribution in [-0.4, -0.2) is 21.4 Å². The zero-order valence-corrected chi connectivity index (χ0v) is 10.4. The van der Waals surface area contributed by atoms with Crippen molar-refractivity contribution in [1.82, 2.24) is 4.57 Å². The average molecular weight is 245 g/mol. The smallest absolute Gasteiger partial charge is 0.352 e. The Morgan fingerprint density at radius 3 is 2.61 bits per heavy atom. The third-order valence-electron chi connectivity index (χ3n) is 2.96. The molecule has 0 fully saturated rings. The molecule has 0 aliphatic carbocycles. The van der Waals surface area contributed by atoms with E-state index in [2.05, 4.69) is 0 Å². The van der Waals surface area contributed by atoms with Crippen LogP contribution in [0.2, 0.25) is 0 Å². The second kappa shape index (κ2) is 4.64. The highest BCUT2D eigenvalue weighted by Gasteiger charge is 2.14. The fourth-order valence-electron chi connectivity index (χ4n) is 2.08. The lowest BCUT2D eigenvalue weighted by Gasteiger charge is -2.06. The zero-order valence-electron chi connectivity index (χ0n) is 10.4. The van der Waals surface area contributed by atoms with Crippen LogP contribution in [0.5, 0.6) is 0 Å². The van der Waals surface area contributed by atoms with Gasteiger partial charge in [0.2, 0.25) is 0 Å². The molecule has 1 N–H and O–H groups in total. The Balaban J connectivity index is 2.55. The topological polar surface area (TPSA) is 59.3 Å². The summed E-state index contributed by atoms with van der Waals surface area (Å²) < 4.78 is 1.69. The monoisotopic (exact) mass is 245 g/mol. The Morgan fingerprint density at radius 1 is 1.28 bits per heavy atom. The molecule has 94 valence electrons. The van der Waals surface area contributed by atoms with Gasteiger partial charge in [-0.05, 0) is 32.0 Å². The van der Waals surface area contributed by atoms with Crippen LogP contribution < -0.4 is 0 Å².